The van der Waals surface area contributed by atoms with Gasteiger partial charge in [-0.2, -0.15) is 0 Å². The molecule has 106 valence electrons. The summed E-state index contributed by atoms with van der Waals surface area (Å²) in [5.74, 6) is -0.239. The van der Waals surface area contributed by atoms with Gasteiger partial charge in [-0.1, -0.05) is 0 Å². The van der Waals surface area contributed by atoms with E-state index >= 15 is 0 Å². The maximum Gasteiger partial charge on any atom is 0.282 e. The smallest absolute Gasteiger partial charge is 0.282 e. The van der Waals surface area contributed by atoms with Crippen LogP contribution in [0, 0.1) is 0 Å². The molecule has 0 aliphatic heterocycles. The first-order chi connectivity index (χ1) is 10.7. The fraction of sp³-hybridized carbons (Fsp3) is 0. The van der Waals surface area contributed by atoms with E-state index in [4.69, 9.17) is 8.83 Å². The first-order valence-electron chi connectivity index (χ1n) is 6.57. The van der Waals surface area contributed by atoms with Gasteiger partial charge in [0.2, 0.25) is 0 Å². The molecule has 0 aliphatic carbocycles. The SMILES string of the molecule is O=c1cc2oc(O)cc3c4sc5ncccc5c4oc(c1)c23. The van der Waals surface area contributed by atoms with Crippen LogP contribution in [-0.2, 0) is 0 Å². The molecule has 0 atom stereocenters. The minimum Gasteiger partial charge on any atom is -0.481 e. The van der Waals surface area contributed by atoms with Crippen molar-refractivity contribution in [2.45, 2.75) is 0 Å². The van der Waals surface area contributed by atoms with Crippen LogP contribution < -0.4 is 5.43 Å². The predicted octanol–water partition coefficient (Wildman–Crippen LogP) is 4.01. The molecule has 0 unspecified atom stereocenters. The van der Waals surface area contributed by atoms with Crippen molar-refractivity contribution < 1.29 is 13.9 Å². The summed E-state index contributed by atoms with van der Waals surface area (Å²) in [5.41, 5.74) is 1.19. The van der Waals surface area contributed by atoms with E-state index < -0.39 is 0 Å². The molecule has 0 bridgehead atoms. The van der Waals surface area contributed by atoms with E-state index in [-0.39, 0.29) is 11.4 Å². The summed E-state index contributed by atoms with van der Waals surface area (Å²) in [4.78, 5) is 17.0. The van der Waals surface area contributed by atoms with Crippen LogP contribution in [0.1, 0.15) is 0 Å². The van der Waals surface area contributed by atoms with Crippen molar-refractivity contribution in [3.05, 3.63) is 46.8 Å². The molecular formula is C16H7NO4S. The van der Waals surface area contributed by atoms with E-state index in [0.717, 1.165) is 20.3 Å². The summed E-state index contributed by atoms with van der Waals surface area (Å²) in [6.07, 6.45) is 1.72. The number of hydrogen-bond acceptors (Lipinski definition) is 6. The van der Waals surface area contributed by atoms with Gasteiger partial charge in [0.25, 0.3) is 5.95 Å². The van der Waals surface area contributed by atoms with Crippen LogP contribution >= 0.6 is 11.3 Å². The maximum atomic E-state index is 11.8. The second kappa shape index (κ2) is 3.86. The summed E-state index contributed by atoms with van der Waals surface area (Å²) in [5, 5.41) is 12.2. The van der Waals surface area contributed by atoms with Crippen LogP contribution in [0.2, 0.25) is 0 Å². The van der Waals surface area contributed by atoms with E-state index in [9.17, 15) is 9.90 Å². The van der Waals surface area contributed by atoms with E-state index in [1.165, 1.54) is 23.5 Å². The molecule has 4 aromatic heterocycles. The Bertz CT molecular complexity index is 1260. The summed E-state index contributed by atoms with van der Waals surface area (Å²) in [7, 11) is 0. The number of aromatic nitrogens is 1. The minimum atomic E-state index is -0.239. The number of pyridine rings is 1. The van der Waals surface area contributed by atoms with Crippen LogP contribution in [0.4, 0.5) is 0 Å². The van der Waals surface area contributed by atoms with Crippen molar-refractivity contribution in [2.24, 2.45) is 0 Å². The minimum absolute atomic E-state index is 0.232. The van der Waals surface area contributed by atoms with Gasteiger partial charge >= 0.3 is 0 Å². The Morgan fingerprint density at radius 2 is 1.91 bits per heavy atom. The summed E-state index contributed by atoms with van der Waals surface area (Å²) in [6, 6.07) is 8.09. The molecule has 0 radical (unpaired) electrons. The lowest BCUT2D eigenvalue weighted by Crippen LogP contribution is -1.96. The quantitative estimate of drug-likeness (QED) is 0.468. The van der Waals surface area contributed by atoms with E-state index in [1.54, 1.807) is 12.3 Å². The highest BCUT2D eigenvalue weighted by Gasteiger charge is 2.17. The number of thiophene rings is 1. The lowest BCUT2D eigenvalue weighted by Gasteiger charge is -2.05. The fourth-order valence-corrected chi connectivity index (χ4v) is 3.90. The van der Waals surface area contributed by atoms with Crippen LogP contribution in [-0.4, -0.2) is 10.1 Å². The Balaban J connectivity index is 2.20. The lowest BCUT2D eigenvalue weighted by molar-refractivity contribution is 0.341. The molecule has 4 heterocycles. The highest BCUT2D eigenvalue weighted by Crippen LogP contribution is 2.41. The normalized spacial score (nSPS) is 12.0. The second-order valence-electron chi connectivity index (χ2n) is 5.01. The molecule has 0 saturated carbocycles. The van der Waals surface area contributed by atoms with Crippen molar-refractivity contribution in [2.75, 3.05) is 0 Å². The number of fused-ring (bicyclic) bond motifs is 4. The van der Waals surface area contributed by atoms with E-state index in [1.807, 2.05) is 12.1 Å². The molecule has 0 saturated heterocycles. The van der Waals surface area contributed by atoms with Gasteiger partial charge in [-0.15, -0.1) is 11.3 Å². The van der Waals surface area contributed by atoms with Crippen molar-refractivity contribution in [3.63, 3.8) is 0 Å². The van der Waals surface area contributed by atoms with Crippen LogP contribution in [0.25, 0.3) is 42.4 Å². The zero-order valence-electron chi connectivity index (χ0n) is 11.0. The standard InChI is InChI=1S/C16H7NO4S/c18-7-4-10-13-9(6-12(19)20-10)15-14(21-11(13)5-7)8-2-1-3-17-16(8)22-15/h1-6,19H. The molecule has 22 heavy (non-hydrogen) atoms. The molecule has 0 amide bonds. The predicted molar refractivity (Wildman–Crippen MR) is 84.6 cm³/mol. The van der Waals surface area contributed by atoms with Crippen molar-refractivity contribution in [1.29, 1.82) is 0 Å². The Morgan fingerprint density at radius 3 is 2.77 bits per heavy atom. The van der Waals surface area contributed by atoms with E-state index in [0.29, 0.717) is 22.1 Å². The van der Waals surface area contributed by atoms with Crippen LogP contribution in [0.3, 0.4) is 0 Å². The van der Waals surface area contributed by atoms with Crippen molar-refractivity contribution in [1.82, 2.24) is 4.98 Å². The number of benzene rings is 1. The zero-order chi connectivity index (χ0) is 14.8. The highest BCUT2D eigenvalue weighted by atomic mass is 32.1. The van der Waals surface area contributed by atoms with Gasteiger partial charge in [0.1, 0.15) is 16.0 Å². The van der Waals surface area contributed by atoms with Crippen molar-refractivity contribution in [3.8, 4) is 5.95 Å². The molecule has 5 aromatic rings. The van der Waals surface area contributed by atoms with Gasteiger partial charge in [-0.3, -0.25) is 4.79 Å². The van der Waals surface area contributed by atoms with Gasteiger partial charge in [0.15, 0.2) is 11.0 Å². The van der Waals surface area contributed by atoms with Crippen LogP contribution in [0.15, 0.2) is 50.2 Å². The third kappa shape index (κ3) is 1.42. The Labute approximate surface area is 126 Å². The zero-order valence-corrected chi connectivity index (χ0v) is 11.8. The number of aromatic hydroxyl groups is 1. The van der Waals surface area contributed by atoms with Gasteiger partial charge in [0, 0.05) is 29.8 Å². The third-order valence-electron chi connectivity index (χ3n) is 3.67. The van der Waals surface area contributed by atoms with E-state index in [2.05, 4.69) is 4.98 Å². The molecule has 0 fully saturated rings. The molecular weight excluding hydrogens is 302 g/mol. The monoisotopic (exact) mass is 309 g/mol. The average Bonchev–Trinajstić information content (AvgIpc) is 2.85. The van der Waals surface area contributed by atoms with Gasteiger partial charge in [-0.05, 0) is 12.1 Å². The summed E-state index contributed by atoms with van der Waals surface area (Å²) in [6.45, 7) is 0. The number of rotatable bonds is 0. The highest BCUT2D eigenvalue weighted by molar-refractivity contribution is 7.26. The third-order valence-corrected chi connectivity index (χ3v) is 4.80. The van der Waals surface area contributed by atoms with Crippen molar-refractivity contribution >= 4 is 53.8 Å². The largest absolute Gasteiger partial charge is 0.481 e. The second-order valence-corrected chi connectivity index (χ2v) is 6.01. The number of nitrogens with zero attached hydrogens (tertiary/aromatic N) is 1. The average molecular weight is 309 g/mol. The molecule has 5 rings (SSSR count). The molecule has 1 N–H and O–H groups in total. The summed E-state index contributed by atoms with van der Waals surface area (Å²) >= 11 is 1.48. The Morgan fingerprint density at radius 1 is 1.09 bits per heavy atom. The molecule has 0 aliphatic rings. The van der Waals surface area contributed by atoms with Gasteiger partial charge in [0.05, 0.1) is 15.5 Å². The van der Waals surface area contributed by atoms with Crippen LogP contribution in [0.5, 0.6) is 5.95 Å². The lowest BCUT2D eigenvalue weighted by atomic mass is 10.1. The Hall–Kier alpha value is -2.86. The van der Waals surface area contributed by atoms with Gasteiger partial charge < -0.3 is 13.9 Å². The maximum absolute atomic E-state index is 11.8. The topological polar surface area (TPSA) is 76.5 Å². The fourth-order valence-electron chi connectivity index (χ4n) is 2.81. The summed E-state index contributed by atoms with van der Waals surface area (Å²) < 4.78 is 12.1. The van der Waals surface area contributed by atoms with Gasteiger partial charge in [-0.25, -0.2) is 4.98 Å². The molecule has 6 heteroatoms. The molecule has 0 spiro atoms. The molecule has 1 aromatic carbocycles. The first kappa shape index (κ1) is 11.8. The first-order valence-corrected chi connectivity index (χ1v) is 7.39. The Kier molecular flexibility index (Phi) is 2.07. The number of hydrogen-bond donors (Lipinski definition) is 1. The molecule has 5 nitrogen and oxygen atoms in total.